The second-order valence-electron chi connectivity index (χ2n) is 3.88. The van der Waals surface area contributed by atoms with Gasteiger partial charge in [0, 0.05) is 6.07 Å². The van der Waals surface area contributed by atoms with Crippen LogP contribution in [0, 0.1) is 10.1 Å². The summed E-state index contributed by atoms with van der Waals surface area (Å²) in [4.78, 5) is 10.3. The molecule has 5 nitrogen and oxygen atoms in total. The van der Waals surface area contributed by atoms with Gasteiger partial charge in [0.2, 0.25) is 0 Å². The van der Waals surface area contributed by atoms with Crippen LogP contribution in [0.15, 0.2) is 24.3 Å². The van der Waals surface area contributed by atoms with Crippen LogP contribution in [0.5, 0.6) is 5.75 Å². The summed E-state index contributed by atoms with van der Waals surface area (Å²) in [5.74, 6) is 0.235. The van der Waals surface area contributed by atoms with Crippen LogP contribution < -0.4 is 4.74 Å². The van der Waals surface area contributed by atoms with Crippen molar-refractivity contribution in [1.29, 1.82) is 0 Å². The van der Waals surface area contributed by atoms with Crippen LogP contribution >= 0.6 is 0 Å². The molecule has 0 amide bonds. The molecule has 0 heterocycles. The van der Waals surface area contributed by atoms with E-state index in [4.69, 9.17) is 4.74 Å². The number of benzene rings is 1. The normalized spacial score (nSPS) is 24.3. The van der Waals surface area contributed by atoms with Gasteiger partial charge in [-0.05, 0) is 25.3 Å². The van der Waals surface area contributed by atoms with Crippen molar-refractivity contribution in [2.75, 3.05) is 0 Å². The van der Waals surface area contributed by atoms with Crippen LogP contribution in [0.4, 0.5) is 5.69 Å². The van der Waals surface area contributed by atoms with E-state index in [2.05, 4.69) is 0 Å². The molecular formula is C11H13NO4. The second-order valence-corrected chi connectivity index (χ2v) is 3.88. The predicted octanol–water partition coefficient (Wildman–Crippen LogP) is 1.89. The molecule has 0 bridgehead atoms. The Bertz CT molecular complexity index is 393. The van der Waals surface area contributed by atoms with Crippen LogP contribution in [0.3, 0.4) is 0 Å². The second kappa shape index (κ2) is 4.49. The summed E-state index contributed by atoms with van der Waals surface area (Å²) in [7, 11) is 0. The number of aliphatic hydroxyl groups excluding tert-OH is 1. The molecule has 0 aliphatic heterocycles. The number of hydrogen-bond donors (Lipinski definition) is 1. The minimum absolute atomic E-state index is 0.0541. The number of rotatable bonds is 3. The maximum Gasteiger partial charge on any atom is 0.310 e. The van der Waals surface area contributed by atoms with Gasteiger partial charge < -0.3 is 9.84 Å². The fourth-order valence-electron chi connectivity index (χ4n) is 1.91. The van der Waals surface area contributed by atoms with Crippen molar-refractivity contribution < 1.29 is 14.8 Å². The van der Waals surface area contributed by atoms with Crippen LogP contribution in [0.1, 0.15) is 19.3 Å². The van der Waals surface area contributed by atoms with Gasteiger partial charge in [0.1, 0.15) is 6.10 Å². The van der Waals surface area contributed by atoms with E-state index in [1.54, 1.807) is 18.2 Å². The number of nitro groups is 1. The number of hydrogen-bond acceptors (Lipinski definition) is 4. The van der Waals surface area contributed by atoms with Crippen LogP contribution in [-0.2, 0) is 0 Å². The summed E-state index contributed by atoms with van der Waals surface area (Å²) in [6.07, 6.45) is 1.51. The molecule has 1 aromatic rings. The van der Waals surface area contributed by atoms with E-state index in [0.29, 0.717) is 6.42 Å². The highest BCUT2D eigenvalue weighted by atomic mass is 16.6. The quantitative estimate of drug-likeness (QED) is 0.627. The van der Waals surface area contributed by atoms with Gasteiger partial charge in [-0.25, -0.2) is 0 Å². The fourth-order valence-corrected chi connectivity index (χ4v) is 1.91. The molecule has 1 aliphatic rings. The summed E-state index contributed by atoms with van der Waals surface area (Å²) in [5, 5.41) is 20.3. The molecule has 2 atom stereocenters. The Balaban J connectivity index is 2.17. The lowest BCUT2D eigenvalue weighted by Gasteiger charge is -2.16. The summed E-state index contributed by atoms with van der Waals surface area (Å²) in [5.41, 5.74) is -0.0541. The first-order valence-corrected chi connectivity index (χ1v) is 5.26. The zero-order chi connectivity index (χ0) is 11.5. The SMILES string of the molecule is O=[N+]([O-])c1ccccc1OC1CCCC1O. The molecule has 16 heavy (non-hydrogen) atoms. The molecule has 1 fully saturated rings. The Morgan fingerprint density at radius 3 is 2.75 bits per heavy atom. The number of para-hydroxylation sites is 2. The lowest BCUT2D eigenvalue weighted by atomic mass is 10.2. The molecule has 5 heteroatoms. The number of aliphatic hydroxyl groups is 1. The van der Waals surface area contributed by atoms with Gasteiger partial charge in [-0.3, -0.25) is 10.1 Å². The smallest absolute Gasteiger partial charge is 0.310 e. The number of nitrogens with zero attached hydrogens (tertiary/aromatic N) is 1. The summed E-state index contributed by atoms with van der Waals surface area (Å²) < 4.78 is 5.49. The van der Waals surface area contributed by atoms with E-state index in [1.165, 1.54) is 6.07 Å². The van der Waals surface area contributed by atoms with E-state index >= 15 is 0 Å². The highest BCUT2D eigenvalue weighted by Gasteiger charge is 2.28. The molecular weight excluding hydrogens is 210 g/mol. The highest BCUT2D eigenvalue weighted by molar-refractivity contribution is 5.45. The fraction of sp³-hybridized carbons (Fsp3) is 0.455. The summed E-state index contributed by atoms with van der Waals surface area (Å²) in [6, 6.07) is 6.24. The summed E-state index contributed by atoms with van der Waals surface area (Å²) >= 11 is 0. The Labute approximate surface area is 92.8 Å². The van der Waals surface area contributed by atoms with Crippen molar-refractivity contribution in [3.05, 3.63) is 34.4 Å². The molecule has 2 unspecified atom stereocenters. The van der Waals surface area contributed by atoms with E-state index in [0.717, 1.165) is 12.8 Å². The topological polar surface area (TPSA) is 72.6 Å². The van der Waals surface area contributed by atoms with Gasteiger partial charge in [-0.1, -0.05) is 12.1 Å². The van der Waals surface area contributed by atoms with Crippen molar-refractivity contribution in [3.8, 4) is 5.75 Å². The molecule has 86 valence electrons. The van der Waals surface area contributed by atoms with Gasteiger partial charge in [-0.15, -0.1) is 0 Å². The molecule has 0 spiro atoms. The van der Waals surface area contributed by atoms with E-state index in [-0.39, 0.29) is 17.5 Å². The lowest BCUT2D eigenvalue weighted by Crippen LogP contribution is -2.25. The number of nitro benzene ring substituents is 1. The van der Waals surface area contributed by atoms with Gasteiger partial charge in [-0.2, -0.15) is 0 Å². The third-order valence-corrected chi connectivity index (χ3v) is 2.76. The number of ether oxygens (including phenoxy) is 1. The van der Waals surface area contributed by atoms with Gasteiger partial charge in [0.25, 0.3) is 0 Å². The first-order chi connectivity index (χ1) is 7.68. The Morgan fingerprint density at radius 1 is 1.38 bits per heavy atom. The lowest BCUT2D eigenvalue weighted by molar-refractivity contribution is -0.386. The minimum atomic E-state index is -0.514. The molecule has 1 saturated carbocycles. The maximum atomic E-state index is 10.7. The Kier molecular flexibility index (Phi) is 3.05. The van der Waals surface area contributed by atoms with Crippen LogP contribution in [0.25, 0.3) is 0 Å². The first-order valence-electron chi connectivity index (χ1n) is 5.26. The van der Waals surface area contributed by atoms with E-state index < -0.39 is 11.0 Å². The van der Waals surface area contributed by atoms with Crippen molar-refractivity contribution in [2.24, 2.45) is 0 Å². The summed E-state index contributed by atoms with van der Waals surface area (Å²) in [6.45, 7) is 0. The molecule has 0 saturated heterocycles. The highest BCUT2D eigenvalue weighted by Crippen LogP contribution is 2.30. The maximum absolute atomic E-state index is 10.7. The molecule has 1 aliphatic carbocycles. The third-order valence-electron chi connectivity index (χ3n) is 2.76. The van der Waals surface area contributed by atoms with E-state index in [1.807, 2.05) is 0 Å². The third kappa shape index (κ3) is 2.14. The monoisotopic (exact) mass is 223 g/mol. The Hall–Kier alpha value is -1.62. The molecule has 0 radical (unpaired) electrons. The van der Waals surface area contributed by atoms with Gasteiger partial charge >= 0.3 is 5.69 Å². The average molecular weight is 223 g/mol. The minimum Gasteiger partial charge on any atom is -0.481 e. The van der Waals surface area contributed by atoms with Crippen molar-refractivity contribution in [1.82, 2.24) is 0 Å². The van der Waals surface area contributed by atoms with Crippen molar-refractivity contribution in [2.45, 2.75) is 31.5 Å². The van der Waals surface area contributed by atoms with Crippen molar-refractivity contribution >= 4 is 5.69 Å². The predicted molar refractivity (Wildman–Crippen MR) is 57.4 cm³/mol. The molecule has 2 rings (SSSR count). The molecule has 1 aromatic carbocycles. The first kappa shape index (κ1) is 10.9. The zero-order valence-electron chi connectivity index (χ0n) is 8.70. The largest absolute Gasteiger partial charge is 0.481 e. The van der Waals surface area contributed by atoms with Gasteiger partial charge in [0.15, 0.2) is 5.75 Å². The van der Waals surface area contributed by atoms with E-state index in [9.17, 15) is 15.2 Å². The van der Waals surface area contributed by atoms with Crippen molar-refractivity contribution in [3.63, 3.8) is 0 Å². The average Bonchev–Trinajstić information content (AvgIpc) is 2.65. The molecule has 0 aromatic heterocycles. The van der Waals surface area contributed by atoms with Gasteiger partial charge in [0.05, 0.1) is 11.0 Å². The zero-order valence-corrected chi connectivity index (χ0v) is 8.70. The van der Waals surface area contributed by atoms with Crippen LogP contribution in [0.2, 0.25) is 0 Å². The standard InChI is InChI=1S/C11H13NO4/c13-9-5-3-7-11(9)16-10-6-2-1-4-8(10)12(14)15/h1-2,4,6,9,11,13H,3,5,7H2. The molecule has 1 N–H and O–H groups in total. The van der Waals surface area contributed by atoms with Crippen LogP contribution in [-0.4, -0.2) is 22.2 Å². The Morgan fingerprint density at radius 2 is 2.12 bits per heavy atom.